The van der Waals surface area contributed by atoms with E-state index in [0.717, 1.165) is 19.9 Å². The first-order valence-corrected chi connectivity index (χ1v) is 9.37. The van der Waals surface area contributed by atoms with E-state index < -0.39 is 21.8 Å². The van der Waals surface area contributed by atoms with Crippen LogP contribution in [0.5, 0.6) is 0 Å². The summed E-state index contributed by atoms with van der Waals surface area (Å²) < 4.78 is 27.6. The highest BCUT2D eigenvalue weighted by Gasteiger charge is 2.27. The molecular formula is C16H15BrClNO3S. The third-order valence-corrected chi connectivity index (χ3v) is 5.71. The normalized spacial score (nSPS) is 11.3. The summed E-state index contributed by atoms with van der Waals surface area (Å²) in [5.74, 6) is 0. The van der Waals surface area contributed by atoms with Crippen molar-refractivity contribution in [2.24, 2.45) is 0 Å². The average Bonchev–Trinajstić information content (AvgIpc) is 2.45. The molecule has 0 aliphatic heterocycles. The lowest BCUT2D eigenvalue weighted by atomic mass is 10.1. The number of aryl methyl sites for hydroxylation is 2. The number of rotatable bonds is 5. The largest absolute Gasteiger partial charge is 0.279 e. The third kappa shape index (κ3) is 4.13. The Morgan fingerprint density at radius 3 is 2.26 bits per heavy atom. The summed E-state index contributed by atoms with van der Waals surface area (Å²) in [7, 11) is -3.89. The van der Waals surface area contributed by atoms with Gasteiger partial charge in [-0.1, -0.05) is 33.6 Å². The van der Waals surface area contributed by atoms with Gasteiger partial charge in [0.1, 0.15) is 6.54 Å². The summed E-state index contributed by atoms with van der Waals surface area (Å²) in [6.07, 6.45) is 0. The van der Waals surface area contributed by atoms with E-state index in [1.54, 1.807) is 31.2 Å². The Balaban J connectivity index is 2.57. The fourth-order valence-electron chi connectivity index (χ4n) is 2.23. The van der Waals surface area contributed by atoms with Crippen LogP contribution in [-0.4, -0.2) is 20.2 Å². The van der Waals surface area contributed by atoms with Gasteiger partial charge in [-0.15, -0.1) is 0 Å². The van der Waals surface area contributed by atoms with Gasteiger partial charge in [-0.2, -0.15) is 0 Å². The molecule has 0 aliphatic rings. The highest BCUT2D eigenvalue weighted by molar-refractivity contribution is 9.10. The Morgan fingerprint density at radius 1 is 1.13 bits per heavy atom. The van der Waals surface area contributed by atoms with Crippen LogP contribution >= 0.6 is 27.5 Å². The molecule has 0 spiro atoms. The van der Waals surface area contributed by atoms with Crippen LogP contribution in [-0.2, 0) is 14.8 Å². The van der Waals surface area contributed by atoms with E-state index in [1.807, 2.05) is 13.0 Å². The SMILES string of the molecule is Cc1ccc(N(CC(=O)Cl)S(=O)(=O)c2ccc(Br)cc2)c(C)c1. The maximum Gasteiger partial charge on any atom is 0.264 e. The van der Waals surface area contributed by atoms with E-state index in [1.165, 1.54) is 12.1 Å². The lowest BCUT2D eigenvalue weighted by Gasteiger charge is -2.25. The van der Waals surface area contributed by atoms with Gasteiger partial charge >= 0.3 is 0 Å². The zero-order valence-corrected chi connectivity index (χ0v) is 15.7. The molecule has 2 aromatic rings. The summed E-state index contributed by atoms with van der Waals surface area (Å²) >= 11 is 8.74. The molecule has 7 heteroatoms. The van der Waals surface area contributed by atoms with Crippen molar-refractivity contribution in [3.8, 4) is 0 Å². The predicted octanol–water partition coefficient (Wildman–Crippen LogP) is 4.03. The van der Waals surface area contributed by atoms with Crippen LogP contribution in [0.2, 0.25) is 0 Å². The molecule has 0 unspecified atom stereocenters. The molecule has 0 saturated carbocycles. The molecule has 0 atom stereocenters. The topological polar surface area (TPSA) is 54.5 Å². The van der Waals surface area contributed by atoms with Gasteiger partial charge in [-0.3, -0.25) is 9.10 Å². The average molecular weight is 417 g/mol. The molecule has 122 valence electrons. The van der Waals surface area contributed by atoms with Gasteiger partial charge in [0.2, 0.25) is 5.24 Å². The molecule has 23 heavy (non-hydrogen) atoms. The van der Waals surface area contributed by atoms with Gasteiger partial charge in [0.25, 0.3) is 10.0 Å². The van der Waals surface area contributed by atoms with Gasteiger partial charge in [0.05, 0.1) is 10.6 Å². The van der Waals surface area contributed by atoms with Crippen molar-refractivity contribution < 1.29 is 13.2 Å². The zero-order chi connectivity index (χ0) is 17.2. The second kappa shape index (κ2) is 7.03. The molecule has 2 rings (SSSR count). The Hall–Kier alpha value is -1.37. The lowest BCUT2D eigenvalue weighted by molar-refractivity contribution is -0.110. The number of carbonyl (C=O) groups excluding carboxylic acids is 1. The monoisotopic (exact) mass is 415 g/mol. The quantitative estimate of drug-likeness (QED) is 0.692. The van der Waals surface area contributed by atoms with Gasteiger partial charge in [0, 0.05) is 4.47 Å². The molecular weight excluding hydrogens is 402 g/mol. The van der Waals surface area contributed by atoms with Gasteiger partial charge in [-0.05, 0) is 61.3 Å². The number of anilines is 1. The number of carbonyl (C=O) groups is 1. The highest BCUT2D eigenvalue weighted by atomic mass is 79.9. The fraction of sp³-hybridized carbons (Fsp3) is 0.188. The number of sulfonamides is 1. The molecule has 0 radical (unpaired) electrons. The number of hydrogen-bond acceptors (Lipinski definition) is 3. The number of hydrogen-bond donors (Lipinski definition) is 0. The molecule has 4 nitrogen and oxygen atoms in total. The molecule has 0 fully saturated rings. The van der Waals surface area contributed by atoms with Crippen LogP contribution in [0.15, 0.2) is 51.8 Å². The fourth-order valence-corrected chi connectivity index (χ4v) is 4.17. The summed E-state index contributed by atoms with van der Waals surface area (Å²) in [5.41, 5.74) is 2.19. The number of halogens is 2. The van der Waals surface area contributed by atoms with E-state index in [0.29, 0.717) is 5.69 Å². The predicted molar refractivity (Wildman–Crippen MR) is 95.4 cm³/mol. The third-order valence-electron chi connectivity index (χ3n) is 3.29. The summed E-state index contributed by atoms with van der Waals surface area (Å²) in [5, 5.41) is -0.745. The van der Waals surface area contributed by atoms with Gasteiger partial charge in [-0.25, -0.2) is 8.42 Å². The van der Waals surface area contributed by atoms with Gasteiger partial charge < -0.3 is 0 Å². The van der Waals surface area contributed by atoms with Crippen molar-refractivity contribution in [2.45, 2.75) is 18.7 Å². The number of nitrogens with zero attached hydrogens (tertiary/aromatic N) is 1. The Morgan fingerprint density at radius 2 is 1.74 bits per heavy atom. The van der Waals surface area contributed by atoms with Crippen molar-refractivity contribution >= 4 is 48.5 Å². The van der Waals surface area contributed by atoms with E-state index in [9.17, 15) is 13.2 Å². The lowest BCUT2D eigenvalue weighted by Crippen LogP contribution is -2.35. The molecule has 0 heterocycles. The first-order valence-electron chi connectivity index (χ1n) is 6.75. The van der Waals surface area contributed by atoms with E-state index in [2.05, 4.69) is 15.9 Å². The van der Waals surface area contributed by atoms with Crippen molar-refractivity contribution in [1.29, 1.82) is 0 Å². The highest BCUT2D eigenvalue weighted by Crippen LogP contribution is 2.28. The number of benzene rings is 2. The Bertz CT molecular complexity index is 835. The van der Waals surface area contributed by atoms with Crippen LogP contribution < -0.4 is 4.31 Å². The van der Waals surface area contributed by atoms with Crippen LogP contribution in [0.3, 0.4) is 0 Å². The van der Waals surface area contributed by atoms with Crippen molar-refractivity contribution in [2.75, 3.05) is 10.8 Å². The Labute approximate surface area is 149 Å². The minimum Gasteiger partial charge on any atom is -0.279 e. The van der Waals surface area contributed by atoms with Crippen LogP contribution in [0.25, 0.3) is 0 Å². The van der Waals surface area contributed by atoms with Crippen LogP contribution in [0.4, 0.5) is 5.69 Å². The van der Waals surface area contributed by atoms with Crippen LogP contribution in [0, 0.1) is 13.8 Å². The molecule has 0 aromatic heterocycles. The Kier molecular flexibility index (Phi) is 5.49. The molecule has 2 aromatic carbocycles. The molecule has 0 amide bonds. The maximum atomic E-state index is 12.9. The van der Waals surface area contributed by atoms with Crippen LogP contribution in [0.1, 0.15) is 11.1 Å². The zero-order valence-electron chi connectivity index (χ0n) is 12.6. The second-order valence-electron chi connectivity index (χ2n) is 5.11. The first-order chi connectivity index (χ1) is 10.7. The van der Waals surface area contributed by atoms with E-state index in [4.69, 9.17) is 11.6 Å². The van der Waals surface area contributed by atoms with Gasteiger partial charge in [0.15, 0.2) is 0 Å². The smallest absolute Gasteiger partial charge is 0.264 e. The summed E-state index contributed by atoms with van der Waals surface area (Å²) in [4.78, 5) is 11.5. The molecule has 0 N–H and O–H groups in total. The summed E-state index contributed by atoms with van der Waals surface area (Å²) in [6.45, 7) is 3.28. The molecule has 0 aliphatic carbocycles. The van der Waals surface area contributed by atoms with E-state index in [-0.39, 0.29) is 4.90 Å². The molecule has 0 bridgehead atoms. The second-order valence-corrected chi connectivity index (χ2v) is 8.31. The maximum absolute atomic E-state index is 12.9. The first kappa shape index (κ1) is 18.0. The van der Waals surface area contributed by atoms with Crippen molar-refractivity contribution in [3.63, 3.8) is 0 Å². The van der Waals surface area contributed by atoms with E-state index >= 15 is 0 Å². The minimum atomic E-state index is -3.89. The van der Waals surface area contributed by atoms with Crippen molar-refractivity contribution in [1.82, 2.24) is 0 Å². The molecule has 0 saturated heterocycles. The summed E-state index contributed by atoms with van der Waals surface area (Å²) in [6, 6.07) is 11.6. The minimum absolute atomic E-state index is 0.0959. The van der Waals surface area contributed by atoms with Crippen molar-refractivity contribution in [3.05, 3.63) is 58.1 Å². The standard InChI is InChI=1S/C16H15BrClNO3S/c1-11-3-8-15(12(2)9-11)19(10-16(18)20)23(21,22)14-6-4-13(17)5-7-14/h3-9H,10H2,1-2H3.